The Bertz CT molecular complexity index is 978. The van der Waals surface area contributed by atoms with Crippen LogP contribution in [0.1, 0.15) is 62.6 Å². The fraction of sp³-hybridized carbons (Fsp3) is 0.643. The maximum Gasteiger partial charge on any atom is 0.246 e. The molecule has 1 heterocycles. The number of hydrogen-bond acceptors (Lipinski definition) is 4. The van der Waals surface area contributed by atoms with E-state index in [2.05, 4.69) is 11.4 Å². The second-order valence-electron chi connectivity index (χ2n) is 11.7. The Kier molecular flexibility index (Phi) is 6.09. The van der Waals surface area contributed by atoms with Gasteiger partial charge in [0.1, 0.15) is 0 Å². The maximum absolute atomic E-state index is 13.6. The molecule has 34 heavy (non-hydrogen) atoms. The van der Waals surface area contributed by atoms with Crippen LogP contribution in [0, 0.1) is 24.7 Å². The molecule has 3 unspecified atom stereocenters. The van der Waals surface area contributed by atoms with E-state index in [9.17, 15) is 14.7 Å². The van der Waals surface area contributed by atoms with Gasteiger partial charge >= 0.3 is 0 Å². The lowest BCUT2D eigenvalue weighted by molar-refractivity contribution is -0.148. The summed E-state index contributed by atoms with van der Waals surface area (Å²) in [7, 11) is 0. The zero-order chi connectivity index (χ0) is 24.1. The van der Waals surface area contributed by atoms with Crippen molar-refractivity contribution in [3.63, 3.8) is 0 Å². The smallest absolute Gasteiger partial charge is 0.246 e. The van der Waals surface area contributed by atoms with Crippen molar-refractivity contribution in [2.45, 2.75) is 69.9 Å². The fourth-order valence-corrected chi connectivity index (χ4v) is 7.01. The highest BCUT2D eigenvalue weighted by molar-refractivity contribution is 5.92. The number of amides is 2. The van der Waals surface area contributed by atoms with Crippen LogP contribution in [0.15, 0.2) is 24.3 Å². The third-order valence-corrected chi connectivity index (χ3v) is 8.67. The molecule has 4 saturated carbocycles. The molecular weight excluding hydrogens is 428 g/mol. The van der Waals surface area contributed by atoms with Gasteiger partial charge in [-0.25, -0.2) is 0 Å². The number of nitrogens with one attached hydrogen (secondary N) is 1. The Balaban J connectivity index is 1.29. The Morgan fingerprint density at radius 1 is 1.12 bits per heavy atom. The predicted octanol–water partition coefficient (Wildman–Crippen LogP) is 3.20. The molecule has 1 aromatic carbocycles. The second-order valence-corrected chi connectivity index (χ2v) is 11.7. The monoisotopic (exact) mass is 466 g/mol. The molecule has 5 aliphatic rings. The number of carbonyl (C=O) groups is 2. The van der Waals surface area contributed by atoms with Crippen molar-refractivity contribution in [1.82, 2.24) is 10.2 Å². The van der Waals surface area contributed by atoms with Crippen LogP contribution in [0.25, 0.3) is 6.08 Å². The van der Waals surface area contributed by atoms with Crippen LogP contribution in [0.4, 0.5) is 0 Å². The summed E-state index contributed by atoms with van der Waals surface area (Å²) in [5, 5.41) is 14.3. The quantitative estimate of drug-likeness (QED) is 0.654. The van der Waals surface area contributed by atoms with E-state index in [0.29, 0.717) is 44.1 Å². The summed E-state index contributed by atoms with van der Waals surface area (Å²) in [6, 6.07) is 6.30. The number of ether oxygens (including phenoxy) is 1. The van der Waals surface area contributed by atoms with Crippen LogP contribution in [0.5, 0.6) is 0 Å². The SMILES string of the molecule is Cc1cc(/C=C/C(=O)N2CCOCC2)cc(C(C)(C)C(=O)NC2[C@@H]3CC4C[C@H]2CC(O)(C4)C3)c1. The number of morpholine rings is 1. The lowest BCUT2D eigenvalue weighted by Gasteiger charge is -2.58. The standard InChI is InChI=1S/C28H38N2O4/c1-18-10-19(4-5-24(31)30-6-8-34-9-7-30)14-23(11-18)27(2,3)26(32)29-25-21-12-20-13-22(25)17-28(33,15-20)16-21/h4-5,10-11,14,20-22,25,33H,6-9,12-13,15-17H2,1-3H3,(H,29,32)/b5-4+/t20?,21-,22+,25?,28?. The maximum atomic E-state index is 13.6. The number of nitrogens with zero attached hydrogens (tertiary/aromatic N) is 1. The van der Waals surface area contributed by atoms with Crippen molar-refractivity contribution >= 4 is 17.9 Å². The third-order valence-electron chi connectivity index (χ3n) is 8.67. The molecule has 1 saturated heterocycles. The molecule has 184 valence electrons. The van der Waals surface area contributed by atoms with Gasteiger partial charge in [-0.1, -0.05) is 23.8 Å². The molecule has 2 N–H and O–H groups in total. The molecule has 0 radical (unpaired) electrons. The van der Waals surface area contributed by atoms with E-state index in [4.69, 9.17) is 4.74 Å². The first-order chi connectivity index (χ1) is 16.1. The number of aryl methyl sites for hydroxylation is 1. The molecular formula is C28H38N2O4. The van der Waals surface area contributed by atoms with Gasteiger partial charge < -0.3 is 20.1 Å². The second kappa shape index (κ2) is 8.80. The first kappa shape index (κ1) is 23.6. The Morgan fingerprint density at radius 2 is 1.79 bits per heavy atom. The minimum Gasteiger partial charge on any atom is -0.390 e. The van der Waals surface area contributed by atoms with E-state index < -0.39 is 11.0 Å². The third kappa shape index (κ3) is 4.55. The van der Waals surface area contributed by atoms with E-state index in [1.165, 1.54) is 0 Å². The lowest BCUT2D eigenvalue weighted by atomic mass is 9.52. The fourth-order valence-electron chi connectivity index (χ4n) is 7.01. The van der Waals surface area contributed by atoms with Gasteiger partial charge in [0.25, 0.3) is 0 Å². The van der Waals surface area contributed by atoms with Crippen LogP contribution >= 0.6 is 0 Å². The van der Waals surface area contributed by atoms with E-state index in [0.717, 1.165) is 48.8 Å². The number of benzene rings is 1. The minimum absolute atomic E-state index is 0.00750. The average Bonchev–Trinajstić information content (AvgIpc) is 2.78. The van der Waals surface area contributed by atoms with E-state index in [1.807, 2.05) is 39.0 Å². The summed E-state index contributed by atoms with van der Waals surface area (Å²) in [6.45, 7) is 8.39. The molecule has 4 aliphatic carbocycles. The molecule has 0 aromatic heterocycles. The Hall–Kier alpha value is -2.18. The number of aliphatic hydroxyl groups is 1. The molecule has 4 bridgehead atoms. The number of hydrogen-bond donors (Lipinski definition) is 2. The normalized spacial score (nSPS) is 32.9. The first-order valence-electron chi connectivity index (χ1n) is 12.8. The highest BCUT2D eigenvalue weighted by Gasteiger charge is 2.55. The predicted molar refractivity (Wildman–Crippen MR) is 131 cm³/mol. The van der Waals surface area contributed by atoms with Crippen molar-refractivity contribution < 1.29 is 19.4 Å². The molecule has 6 rings (SSSR count). The molecule has 2 amide bonds. The topological polar surface area (TPSA) is 78.9 Å². The van der Waals surface area contributed by atoms with Crippen LogP contribution in [-0.2, 0) is 19.7 Å². The Morgan fingerprint density at radius 3 is 2.44 bits per heavy atom. The molecule has 1 aromatic rings. The van der Waals surface area contributed by atoms with Crippen molar-refractivity contribution in [1.29, 1.82) is 0 Å². The van der Waals surface area contributed by atoms with E-state index in [-0.39, 0.29) is 17.9 Å². The van der Waals surface area contributed by atoms with E-state index >= 15 is 0 Å². The first-order valence-corrected chi connectivity index (χ1v) is 12.8. The van der Waals surface area contributed by atoms with Crippen LogP contribution in [0.2, 0.25) is 0 Å². The molecule has 5 atom stereocenters. The zero-order valence-corrected chi connectivity index (χ0v) is 20.7. The zero-order valence-electron chi connectivity index (χ0n) is 20.7. The summed E-state index contributed by atoms with van der Waals surface area (Å²) >= 11 is 0. The molecule has 0 spiro atoms. The van der Waals surface area contributed by atoms with Crippen molar-refractivity contribution in [2.24, 2.45) is 17.8 Å². The number of carbonyl (C=O) groups excluding carboxylic acids is 2. The summed E-state index contributed by atoms with van der Waals surface area (Å²) < 4.78 is 5.33. The molecule has 6 heteroatoms. The summed E-state index contributed by atoms with van der Waals surface area (Å²) in [4.78, 5) is 27.9. The van der Waals surface area contributed by atoms with Crippen LogP contribution < -0.4 is 5.32 Å². The van der Waals surface area contributed by atoms with Gasteiger partial charge in [-0.3, -0.25) is 9.59 Å². The minimum atomic E-state index is -0.700. The van der Waals surface area contributed by atoms with Gasteiger partial charge in [-0.05, 0) is 87.8 Å². The summed E-state index contributed by atoms with van der Waals surface area (Å²) in [6.07, 6.45) is 8.31. The van der Waals surface area contributed by atoms with Gasteiger partial charge in [0, 0.05) is 25.2 Å². The van der Waals surface area contributed by atoms with E-state index in [1.54, 1.807) is 11.0 Å². The molecule has 5 fully saturated rings. The largest absolute Gasteiger partial charge is 0.390 e. The van der Waals surface area contributed by atoms with Crippen LogP contribution in [-0.4, -0.2) is 59.8 Å². The van der Waals surface area contributed by atoms with Gasteiger partial charge in [-0.2, -0.15) is 0 Å². The van der Waals surface area contributed by atoms with Crippen LogP contribution in [0.3, 0.4) is 0 Å². The highest BCUT2D eigenvalue weighted by Crippen LogP contribution is 2.55. The Labute approximate surface area is 202 Å². The molecule has 1 aliphatic heterocycles. The van der Waals surface area contributed by atoms with Gasteiger partial charge in [0.15, 0.2) is 0 Å². The van der Waals surface area contributed by atoms with Gasteiger partial charge in [0.05, 0.1) is 24.2 Å². The number of rotatable bonds is 5. The highest BCUT2D eigenvalue weighted by atomic mass is 16.5. The molecule has 6 nitrogen and oxygen atoms in total. The van der Waals surface area contributed by atoms with Crippen molar-refractivity contribution in [3.05, 3.63) is 41.0 Å². The van der Waals surface area contributed by atoms with Crippen molar-refractivity contribution in [2.75, 3.05) is 26.3 Å². The van der Waals surface area contributed by atoms with Gasteiger partial charge in [0.2, 0.25) is 11.8 Å². The van der Waals surface area contributed by atoms with Crippen molar-refractivity contribution in [3.8, 4) is 0 Å². The summed E-state index contributed by atoms with van der Waals surface area (Å²) in [5.41, 5.74) is 1.74. The lowest BCUT2D eigenvalue weighted by Crippen LogP contribution is -2.62. The summed E-state index contributed by atoms with van der Waals surface area (Å²) in [5.74, 6) is 1.43. The van der Waals surface area contributed by atoms with Gasteiger partial charge in [-0.15, -0.1) is 0 Å². The average molecular weight is 467 g/mol.